The van der Waals surface area contributed by atoms with Crippen molar-refractivity contribution >= 4 is 12.2 Å². The molecule has 1 atom stereocenters. The fourth-order valence-electron chi connectivity index (χ4n) is 1.67. The predicted octanol–water partition coefficient (Wildman–Crippen LogP) is 0.751. The standard InChI is InChI=1S/C14H12N2O4/c17-8-11(9-4-2-1-3-5-9)16-14(20)10-6-12(18)13(19)7-15-10/h1-8,11,19H,(H,15,18)(H,16,20). The van der Waals surface area contributed by atoms with E-state index in [1.54, 1.807) is 30.3 Å². The molecule has 1 unspecified atom stereocenters. The van der Waals surface area contributed by atoms with E-state index in [1.807, 2.05) is 0 Å². The summed E-state index contributed by atoms with van der Waals surface area (Å²) < 4.78 is 0. The summed E-state index contributed by atoms with van der Waals surface area (Å²) in [5, 5.41) is 11.6. The number of amides is 1. The van der Waals surface area contributed by atoms with Gasteiger partial charge in [-0.3, -0.25) is 9.59 Å². The lowest BCUT2D eigenvalue weighted by atomic mass is 10.1. The first-order valence-corrected chi connectivity index (χ1v) is 5.84. The van der Waals surface area contributed by atoms with Gasteiger partial charge in [0.15, 0.2) is 5.75 Å². The number of aromatic amines is 1. The van der Waals surface area contributed by atoms with Crippen LogP contribution >= 0.6 is 0 Å². The molecule has 3 N–H and O–H groups in total. The Hall–Kier alpha value is -2.89. The first-order chi connectivity index (χ1) is 9.61. The van der Waals surface area contributed by atoms with E-state index in [-0.39, 0.29) is 5.69 Å². The molecule has 1 amide bonds. The fraction of sp³-hybridized carbons (Fsp3) is 0.0714. The summed E-state index contributed by atoms with van der Waals surface area (Å²) in [6.07, 6.45) is 1.63. The van der Waals surface area contributed by atoms with Crippen LogP contribution in [-0.2, 0) is 4.79 Å². The molecule has 20 heavy (non-hydrogen) atoms. The van der Waals surface area contributed by atoms with Crippen LogP contribution in [0.15, 0.2) is 47.4 Å². The average Bonchev–Trinajstić information content (AvgIpc) is 2.48. The van der Waals surface area contributed by atoms with Gasteiger partial charge in [-0.15, -0.1) is 0 Å². The average molecular weight is 272 g/mol. The smallest absolute Gasteiger partial charge is 0.268 e. The second-order valence-corrected chi connectivity index (χ2v) is 4.09. The van der Waals surface area contributed by atoms with Gasteiger partial charge >= 0.3 is 0 Å². The van der Waals surface area contributed by atoms with Crippen molar-refractivity contribution in [1.82, 2.24) is 10.3 Å². The third-order valence-electron chi connectivity index (χ3n) is 2.72. The Kier molecular flexibility index (Phi) is 3.95. The Morgan fingerprint density at radius 1 is 1.30 bits per heavy atom. The maximum absolute atomic E-state index is 11.9. The van der Waals surface area contributed by atoms with Crippen LogP contribution in [0.4, 0.5) is 0 Å². The highest BCUT2D eigenvalue weighted by Crippen LogP contribution is 2.10. The van der Waals surface area contributed by atoms with E-state index in [9.17, 15) is 14.4 Å². The van der Waals surface area contributed by atoms with Gasteiger partial charge in [0.25, 0.3) is 5.91 Å². The number of hydrogen-bond donors (Lipinski definition) is 3. The molecule has 1 aromatic carbocycles. The van der Waals surface area contributed by atoms with Gasteiger partial charge in [0.05, 0.1) is 0 Å². The molecule has 2 aromatic rings. The zero-order valence-electron chi connectivity index (χ0n) is 10.4. The quantitative estimate of drug-likeness (QED) is 0.715. The van der Waals surface area contributed by atoms with Gasteiger partial charge in [-0.1, -0.05) is 30.3 Å². The lowest BCUT2D eigenvalue weighted by molar-refractivity contribution is -0.109. The summed E-state index contributed by atoms with van der Waals surface area (Å²) >= 11 is 0. The Balaban J connectivity index is 2.19. The van der Waals surface area contributed by atoms with Crippen LogP contribution in [0, 0.1) is 0 Å². The van der Waals surface area contributed by atoms with E-state index >= 15 is 0 Å². The molecular weight excluding hydrogens is 260 g/mol. The molecule has 6 nitrogen and oxygen atoms in total. The lowest BCUT2D eigenvalue weighted by Crippen LogP contribution is -2.30. The number of aromatic nitrogens is 1. The lowest BCUT2D eigenvalue weighted by Gasteiger charge is -2.12. The molecule has 0 saturated heterocycles. The van der Waals surface area contributed by atoms with E-state index in [4.69, 9.17) is 5.11 Å². The van der Waals surface area contributed by atoms with Crippen LogP contribution in [-0.4, -0.2) is 22.3 Å². The second kappa shape index (κ2) is 5.83. The van der Waals surface area contributed by atoms with E-state index in [1.165, 1.54) is 0 Å². The number of nitrogens with one attached hydrogen (secondary N) is 2. The third kappa shape index (κ3) is 2.92. The summed E-state index contributed by atoms with van der Waals surface area (Å²) in [6.45, 7) is 0. The molecule has 1 heterocycles. The molecule has 2 rings (SSSR count). The number of carbonyl (C=O) groups is 2. The number of aldehydes is 1. The summed E-state index contributed by atoms with van der Waals surface area (Å²) in [5.41, 5.74) is -0.0659. The second-order valence-electron chi connectivity index (χ2n) is 4.09. The fourth-order valence-corrected chi connectivity index (χ4v) is 1.67. The van der Waals surface area contributed by atoms with Gasteiger partial charge in [-0.25, -0.2) is 0 Å². The van der Waals surface area contributed by atoms with Crippen LogP contribution in [0.2, 0.25) is 0 Å². The molecule has 102 valence electrons. The van der Waals surface area contributed by atoms with Crippen molar-refractivity contribution in [2.45, 2.75) is 6.04 Å². The molecule has 0 aliphatic heterocycles. The highest BCUT2D eigenvalue weighted by molar-refractivity contribution is 5.94. The SMILES string of the molecule is O=CC(NC(=O)c1cc(=O)c(O)c[nH]1)c1ccccc1. The molecule has 0 fully saturated rings. The van der Waals surface area contributed by atoms with Crippen molar-refractivity contribution in [3.8, 4) is 5.75 Å². The monoisotopic (exact) mass is 272 g/mol. The Labute approximate surface area is 114 Å². The first-order valence-electron chi connectivity index (χ1n) is 5.84. The number of carbonyl (C=O) groups excluding carboxylic acids is 2. The third-order valence-corrected chi connectivity index (χ3v) is 2.72. The van der Waals surface area contributed by atoms with Gasteiger partial charge in [0, 0.05) is 12.3 Å². The van der Waals surface area contributed by atoms with Crippen molar-refractivity contribution < 1.29 is 14.7 Å². The van der Waals surface area contributed by atoms with Gasteiger partial charge in [0.1, 0.15) is 18.0 Å². The predicted molar refractivity (Wildman–Crippen MR) is 71.4 cm³/mol. The molecule has 0 aliphatic carbocycles. The highest BCUT2D eigenvalue weighted by Gasteiger charge is 2.15. The summed E-state index contributed by atoms with van der Waals surface area (Å²) in [7, 11) is 0. The number of H-pyrrole nitrogens is 1. The van der Waals surface area contributed by atoms with E-state index in [0.29, 0.717) is 11.8 Å². The van der Waals surface area contributed by atoms with Crippen LogP contribution in [0.1, 0.15) is 22.1 Å². The normalized spacial score (nSPS) is 11.6. The first kappa shape index (κ1) is 13.5. The maximum Gasteiger partial charge on any atom is 0.268 e. The van der Waals surface area contributed by atoms with Gasteiger partial charge in [-0.2, -0.15) is 0 Å². The van der Waals surface area contributed by atoms with Crippen molar-refractivity contribution in [3.05, 3.63) is 64.1 Å². The summed E-state index contributed by atoms with van der Waals surface area (Å²) in [5.74, 6) is -1.08. The molecular formula is C14H12N2O4. The number of pyridine rings is 1. The Morgan fingerprint density at radius 3 is 2.60 bits per heavy atom. The minimum Gasteiger partial charge on any atom is -0.503 e. The number of aromatic hydroxyl groups is 1. The van der Waals surface area contributed by atoms with Crippen molar-refractivity contribution in [3.63, 3.8) is 0 Å². The molecule has 0 bridgehead atoms. The topological polar surface area (TPSA) is 99.3 Å². The zero-order valence-corrected chi connectivity index (χ0v) is 10.4. The van der Waals surface area contributed by atoms with E-state index in [2.05, 4.69) is 10.3 Å². The molecule has 0 aliphatic rings. The van der Waals surface area contributed by atoms with Crippen LogP contribution < -0.4 is 10.7 Å². The minimum absolute atomic E-state index is 0.0319. The van der Waals surface area contributed by atoms with Crippen molar-refractivity contribution in [2.75, 3.05) is 0 Å². The van der Waals surface area contributed by atoms with Gasteiger partial charge < -0.3 is 20.2 Å². The zero-order chi connectivity index (χ0) is 14.5. The van der Waals surface area contributed by atoms with E-state index in [0.717, 1.165) is 12.3 Å². The van der Waals surface area contributed by atoms with Crippen molar-refractivity contribution in [2.24, 2.45) is 0 Å². The van der Waals surface area contributed by atoms with Gasteiger partial charge in [-0.05, 0) is 5.56 Å². The van der Waals surface area contributed by atoms with E-state index < -0.39 is 23.1 Å². The summed E-state index contributed by atoms with van der Waals surface area (Å²) in [6, 6.07) is 8.88. The molecule has 0 saturated carbocycles. The number of benzene rings is 1. The number of rotatable bonds is 4. The molecule has 0 radical (unpaired) electrons. The molecule has 6 heteroatoms. The van der Waals surface area contributed by atoms with Crippen LogP contribution in [0.25, 0.3) is 0 Å². The maximum atomic E-state index is 11.9. The Morgan fingerprint density at radius 2 is 2.00 bits per heavy atom. The minimum atomic E-state index is -0.805. The highest BCUT2D eigenvalue weighted by atomic mass is 16.3. The van der Waals surface area contributed by atoms with Crippen molar-refractivity contribution in [1.29, 1.82) is 0 Å². The van der Waals surface area contributed by atoms with Gasteiger partial charge in [0.2, 0.25) is 5.43 Å². The summed E-state index contributed by atoms with van der Waals surface area (Å²) in [4.78, 5) is 36.7. The van der Waals surface area contributed by atoms with Crippen LogP contribution in [0.5, 0.6) is 5.75 Å². The molecule has 0 spiro atoms. The molecule has 1 aromatic heterocycles. The number of hydrogen-bond acceptors (Lipinski definition) is 4. The van der Waals surface area contributed by atoms with Crippen LogP contribution in [0.3, 0.4) is 0 Å². The Bertz CT molecular complexity index is 679. The largest absolute Gasteiger partial charge is 0.503 e.